The molecule has 0 aliphatic heterocycles. The number of ether oxygens (including phenoxy) is 2. The Morgan fingerprint density at radius 2 is 1.59 bits per heavy atom. The normalized spacial score (nSPS) is 9.88. The van der Waals surface area contributed by atoms with Gasteiger partial charge in [-0.2, -0.15) is 4.73 Å². The van der Waals surface area contributed by atoms with E-state index >= 15 is 0 Å². The van der Waals surface area contributed by atoms with Gasteiger partial charge < -0.3 is 14.7 Å². The van der Waals surface area contributed by atoms with Gasteiger partial charge in [-0.3, -0.25) is 0 Å². The summed E-state index contributed by atoms with van der Waals surface area (Å²) >= 11 is 0. The van der Waals surface area contributed by atoms with E-state index in [0.717, 1.165) is 0 Å². The second-order valence-corrected chi connectivity index (χ2v) is 3.46. The van der Waals surface area contributed by atoms with Crippen molar-refractivity contribution in [3.05, 3.63) is 33.8 Å². The summed E-state index contributed by atoms with van der Waals surface area (Å²) in [6, 6.07) is 0. The van der Waals surface area contributed by atoms with E-state index in [-0.39, 0.29) is 16.8 Å². The molecule has 0 fully saturated rings. The lowest BCUT2D eigenvalue weighted by Crippen LogP contribution is -2.35. The molecule has 1 aromatic heterocycles. The van der Waals surface area contributed by atoms with Gasteiger partial charge in [0.15, 0.2) is 6.20 Å². The molecular formula is C11H13NO5. The first-order valence-corrected chi connectivity index (χ1v) is 4.84. The number of hydrogen-bond donors (Lipinski definition) is 0. The third-order valence-electron chi connectivity index (χ3n) is 2.43. The van der Waals surface area contributed by atoms with Gasteiger partial charge in [-0.15, -0.1) is 0 Å². The molecule has 0 unspecified atom stereocenters. The molecule has 0 atom stereocenters. The lowest BCUT2D eigenvalue weighted by molar-refractivity contribution is -0.612. The van der Waals surface area contributed by atoms with Crippen molar-refractivity contribution in [1.29, 1.82) is 0 Å². The minimum atomic E-state index is -0.740. The van der Waals surface area contributed by atoms with Gasteiger partial charge in [-0.25, -0.2) is 9.59 Å². The van der Waals surface area contributed by atoms with Crippen LogP contribution >= 0.6 is 0 Å². The molecule has 0 bridgehead atoms. The molecule has 1 aromatic rings. The molecule has 0 spiro atoms. The third-order valence-corrected chi connectivity index (χ3v) is 2.43. The van der Waals surface area contributed by atoms with E-state index in [2.05, 4.69) is 9.47 Å². The van der Waals surface area contributed by atoms with Crippen LogP contribution in [-0.2, 0) is 9.47 Å². The topological polar surface area (TPSA) is 79.5 Å². The first-order valence-electron chi connectivity index (χ1n) is 4.84. The number of esters is 2. The van der Waals surface area contributed by atoms with Crippen molar-refractivity contribution < 1.29 is 23.8 Å². The molecule has 0 aliphatic carbocycles. The maximum absolute atomic E-state index is 11.6. The molecule has 0 N–H and O–H groups in total. The van der Waals surface area contributed by atoms with Crippen molar-refractivity contribution >= 4 is 11.9 Å². The first kappa shape index (κ1) is 13.0. The van der Waals surface area contributed by atoms with E-state index in [0.29, 0.717) is 10.3 Å². The van der Waals surface area contributed by atoms with Crippen LogP contribution in [-0.4, -0.2) is 26.2 Å². The number of aryl methyl sites for hydroxylation is 1. The van der Waals surface area contributed by atoms with Gasteiger partial charge in [0, 0.05) is 12.5 Å². The molecule has 6 nitrogen and oxygen atoms in total. The fraction of sp³-hybridized carbons (Fsp3) is 0.364. The number of rotatable bonds is 2. The fourth-order valence-corrected chi connectivity index (χ4v) is 1.54. The predicted molar refractivity (Wildman–Crippen MR) is 57.6 cm³/mol. The van der Waals surface area contributed by atoms with Crippen LogP contribution in [0.3, 0.4) is 0 Å². The highest BCUT2D eigenvalue weighted by Gasteiger charge is 2.28. The average Bonchev–Trinajstić information content (AvgIpc) is 2.31. The molecule has 0 saturated carbocycles. The highest BCUT2D eigenvalue weighted by atomic mass is 16.5. The van der Waals surface area contributed by atoms with Crippen molar-refractivity contribution in [3.8, 4) is 0 Å². The zero-order valence-corrected chi connectivity index (χ0v) is 10.1. The van der Waals surface area contributed by atoms with Gasteiger partial charge in [0.05, 0.1) is 19.8 Å². The Morgan fingerprint density at radius 3 is 2.06 bits per heavy atom. The van der Waals surface area contributed by atoms with Gasteiger partial charge in [0.1, 0.15) is 5.56 Å². The lowest BCUT2D eigenvalue weighted by atomic mass is 10.0. The molecule has 0 amide bonds. The summed E-state index contributed by atoms with van der Waals surface area (Å²) < 4.78 is 9.67. The van der Waals surface area contributed by atoms with Crippen LogP contribution in [0.1, 0.15) is 32.0 Å². The molecular weight excluding hydrogens is 226 g/mol. The summed E-state index contributed by atoms with van der Waals surface area (Å²) in [5.74, 6) is -1.41. The quantitative estimate of drug-likeness (QED) is 0.427. The van der Waals surface area contributed by atoms with E-state index in [4.69, 9.17) is 0 Å². The predicted octanol–water partition coefficient (Wildman–Crippen LogP) is 0.510. The number of pyridine rings is 1. The number of carbonyl (C=O) groups excluding carboxylic acids is 2. The monoisotopic (exact) mass is 239 g/mol. The Labute approximate surface area is 98.3 Å². The van der Waals surface area contributed by atoms with Crippen molar-refractivity contribution in [1.82, 2.24) is 0 Å². The summed E-state index contributed by atoms with van der Waals surface area (Å²) in [5, 5.41) is 11.5. The Hall–Kier alpha value is -2.11. The molecule has 0 radical (unpaired) electrons. The van der Waals surface area contributed by atoms with E-state index in [9.17, 15) is 14.8 Å². The van der Waals surface area contributed by atoms with Gasteiger partial charge >= 0.3 is 11.9 Å². The standard InChI is InChI=1S/C11H13NO5/c1-6-5-12(15)7(2)9(11(14)17-4)8(6)10(13)16-3/h5H,1-4H3. The van der Waals surface area contributed by atoms with Crippen molar-refractivity contribution in [2.24, 2.45) is 0 Å². The molecule has 1 rings (SSSR count). The lowest BCUT2D eigenvalue weighted by Gasteiger charge is -2.11. The highest BCUT2D eigenvalue weighted by Crippen LogP contribution is 2.17. The largest absolute Gasteiger partial charge is 0.618 e. The summed E-state index contributed by atoms with van der Waals surface area (Å²) in [5.41, 5.74) is 0.457. The third kappa shape index (κ3) is 2.20. The first-order chi connectivity index (χ1) is 7.93. The van der Waals surface area contributed by atoms with Gasteiger partial charge in [0.25, 0.3) is 0 Å². The van der Waals surface area contributed by atoms with Crippen LogP contribution in [0.25, 0.3) is 0 Å². The Kier molecular flexibility index (Phi) is 3.67. The van der Waals surface area contributed by atoms with E-state index in [1.165, 1.54) is 27.3 Å². The second-order valence-electron chi connectivity index (χ2n) is 3.46. The number of nitrogens with zero attached hydrogens (tertiary/aromatic N) is 1. The molecule has 1 heterocycles. The zero-order chi connectivity index (χ0) is 13.2. The van der Waals surface area contributed by atoms with Gasteiger partial charge in [-0.05, 0) is 6.92 Å². The van der Waals surface area contributed by atoms with E-state index in [1.54, 1.807) is 6.92 Å². The minimum absolute atomic E-state index is 0.0592. The van der Waals surface area contributed by atoms with Crippen LogP contribution in [0.15, 0.2) is 6.20 Å². The van der Waals surface area contributed by atoms with E-state index < -0.39 is 11.9 Å². The van der Waals surface area contributed by atoms with Gasteiger partial charge in [-0.1, -0.05) is 0 Å². The minimum Gasteiger partial charge on any atom is -0.618 e. The van der Waals surface area contributed by atoms with E-state index in [1.807, 2.05) is 0 Å². The number of aromatic nitrogens is 1. The average molecular weight is 239 g/mol. The second kappa shape index (κ2) is 4.82. The van der Waals surface area contributed by atoms with Crippen LogP contribution in [0.2, 0.25) is 0 Å². The summed E-state index contributed by atoms with van der Waals surface area (Å²) in [6.07, 6.45) is 1.22. The fourth-order valence-electron chi connectivity index (χ4n) is 1.54. The van der Waals surface area contributed by atoms with Crippen LogP contribution in [0.5, 0.6) is 0 Å². The van der Waals surface area contributed by atoms with Crippen molar-refractivity contribution in [2.45, 2.75) is 13.8 Å². The number of carbonyl (C=O) groups is 2. The molecule has 0 saturated heterocycles. The van der Waals surface area contributed by atoms with Gasteiger partial charge in [0.2, 0.25) is 5.69 Å². The molecule has 0 aromatic carbocycles. The summed E-state index contributed by atoms with van der Waals surface area (Å²) in [7, 11) is 2.39. The van der Waals surface area contributed by atoms with Crippen LogP contribution in [0, 0.1) is 19.1 Å². The molecule has 17 heavy (non-hydrogen) atoms. The number of methoxy groups -OCH3 is 2. The molecule has 0 aliphatic rings. The van der Waals surface area contributed by atoms with Crippen LogP contribution in [0.4, 0.5) is 0 Å². The highest BCUT2D eigenvalue weighted by molar-refractivity contribution is 6.04. The Morgan fingerprint density at radius 1 is 1.12 bits per heavy atom. The molecule has 6 heteroatoms. The SMILES string of the molecule is COC(=O)c1c(C)c[n+]([O-])c(C)c1C(=O)OC. The Balaban J connectivity index is 3.61. The van der Waals surface area contributed by atoms with Crippen molar-refractivity contribution in [3.63, 3.8) is 0 Å². The smallest absolute Gasteiger partial charge is 0.345 e. The molecule has 92 valence electrons. The number of hydrogen-bond acceptors (Lipinski definition) is 5. The van der Waals surface area contributed by atoms with Crippen LogP contribution < -0.4 is 4.73 Å². The zero-order valence-electron chi connectivity index (χ0n) is 10.1. The maximum atomic E-state index is 11.6. The van der Waals surface area contributed by atoms with Crippen molar-refractivity contribution in [2.75, 3.05) is 14.2 Å². The summed E-state index contributed by atoms with van der Waals surface area (Å²) in [4.78, 5) is 23.2. The maximum Gasteiger partial charge on any atom is 0.345 e. The summed E-state index contributed by atoms with van der Waals surface area (Å²) in [6.45, 7) is 2.98. The Bertz CT molecular complexity index is 481.